The van der Waals surface area contributed by atoms with E-state index in [4.69, 9.17) is 9.47 Å². The van der Waals surface area contributed by atoms with Gasteiger partial charge in [0.25, 0.3) is 0 Å². The maximum absolute atomic E-state index is 12.8. The topological polar surface area (TPSA) is 52.6 Å². The van der Waals surface area contributed by atoms with Crippen molar-refractivity contribution in [3.8, 4) is 11.1 Å². The summed E-state index contributed by atoms with van der Waals surface area (Å²) >= 11 is 0. The second-order valence-electron chi connectivity index (χ2n) is 16.8. The van der Waals surface area contributed by atoms with Crippen LogP contribution in [-0.2, 0) is 31.9 Å². The predicted molar refractivity (Wildman–Crippen MR) is 224 cm³/mol. The maximum atomic E-state index is 12.8. The minimum Gasteiger partial charge on any atom is -0.462 e. The molecule has 0 atom stereocenters. The summed E-state index contributed by atoms with van der Waals surface area (Å²) in [5, 5.41) is 0. The zero-order valence-corrected chi connectivity index (χ0v) is 34.7. The fourth-order valence-electron chi connectivity index (χ4n) is 8.36. The highest BCUT2D eigenvalue weighted by atomic mass is 16.5. The van der Waals surface area contributed by atoms with E-state index in [9.17, 15) is 9.59 Å². The lowest BCUT2D eigenvalue weighted by atomic mass is 9.98. The van der Waals surface area contributed by atoms with Gasteiger partial charge in [-0.3, -0.25) is 0 Å². The van der Waals surface area contributed by atoms with Crippen LogP contribution in [0.5, 0.6) is 0 Å². The van der Waals surface area contributed by atoms with Crippen molar-refractivity contribution in [1.82, 2.24) is 0 Å². The Morgan fingerprint density at radius 1 is 0.537 bits per heavy atom. The second kappa shape index (κ2) is 23.6. The number of esters is 2. The Kier molecular flexibility index (Phi) is 19.0. The summed E-state index contributed by atoms with van der Waals surface area (Å²) in [4.78, 5) is 25.6. The van der Waals surface area contributed by atoms with Crippen LogP contribution in [0, 0.1) is 0 Å². The molecule has 2 aliphatic heterocycles. The van der Waals surface area contributed by atoms with Crippen molar-refractivity contribution in [3.05, 3.63) is 83.0 Å². The Morgan fingerprint density at radius 2 is 0.907 bits per heavy atom. The fourth-order valence-corrected chi connectivity index (χ4v) is 8.36. The average Bonchev–Trinajstić information content (AvgIpc) is 3.18. The molecule has 0 bridgehead atoms. The molecule has 6 nitrogen and oxygen atoms in total. The number of allylic oxidation sites excluding steroid dienone is 2. The Bertz CT molecular complexity index is 1340. The molecule has 0 aliphatic carbocycles. The van der Waals surface area contributed by atoms with Crippen molar-refractivity contribution in [2.75, 3.05) is 65.6 Å². The molecule has 54 heavy (non-hydrogen) atoms. The Labute approximate surface area is 329 Å². The summed E-state index contributed by atoms with van der Waals surface area (Å²) in [6.07, 6.45) is 22.9. The summed E-state index contributed by atoms with van der Waals surface area (Å²) in [6, 6.07) is 18.0. The molecule has 6 heteroatoms. The average molecular weight is 743 g/mol. The lowest BCUT2D eigenvalue weighted by Gasteiger charge is -2.40. The molecule has 4 rings (SSSR count). The molecule has 2 fully saturated rings. The van der Waals surface area contributed by atoms with Gasteiger partial charge in [0.05, 0.1) is 52.5 Å². The monoisotopic (exact) mass is 743 g/mol. The molecule has 0 radical (unpaired) electrons. The molecule has 0 unspecified atom stereocenters. The number of carbonyl (C=O) groups excluding carboxylic acids is 2. The van der Waals surface area contributed by atoms with Crippen LogP contribution in [0.15, 0.2) is 71.8 Å². The van der Waals surface area contributed by atoms with E-state index in [1.165, 1.54) is 97.6 Å². The summed E-state index contributed by atoms with van der Waals surface area (Å²) in [7, 11) is 0. The molecule has 2 aromatic carbocycles. The number of piperidine rings is 2. The molecule has 0 aromatic heterocycles. The van der Waals surface area contributed by atoms with Gasteiger partial charge in [0.2, 0.25) is 0 Å². The number of rotatable bonds is 23. The largest absolute Gasteiger partial charge is 0.462 e. The third-order valence-electron chi connectivity index (χ3n) is 11.8. The lowest BCUT2D eigenvalue weighted by Crippen LogP contribution is -2.54. The van der Waals surface area contributed by atoms with Crippen LogP contribution in [0.1, 0.15) is 129 Å². The van der Waals surface area contributed by atoms with Crippen LogP contribution >= 0.6 is 0 Å². The van der Waals surface area contributed by atoms with Crippen molar-refractivity contribution in [2.24, 2.45) is 0 Å². The number of benzene rings is 2. The number of hydrogen-bond acceptors (Lipinski definition) is 4. The van der Waals surface area contributed by atoms with Crippen LogP contribution in [0.25, 0.3) is 11.1 Å². The second-order valence-corrected chi connectivity index (χ2v) is 16.8. The van der Waals surface area contributed by atoms with Crippen LogP contribution in [0.2, 0.25) is 0 Å². The molecule has 0 spiro atoms. The number of likely N-dealkylation sites (tertiary alicyclic amines) is 2. The molecule has 0 N–H and O–H groups in total. The molecule has 2 saturated heterocycles. The van der Waals surface area contributed by atoms with E-state index < -0.39 is 0 Å². The lowest BCUT2D eigenvalue weighted by molar-refractivity contribution is -0.920. The van der Waals surface area contributed by atoms with Crippen molar-refractivity contribution in [1.29, 1.82) is 0 Å². The van der Waals surface area contributed by atoms with E-state index >= 15 is 0 Å². The minimum atomic E-state index is -0.0272. The van der Waals surface area contributed by atoms with Gasteiger partial charge in [-0.05, 0) is 112 Å². The predicted octanol–water partition coefficient (Wildman–Crippen LogP) is 10.6. The van der Waals surface area contributed by atoms with Crippen molar-refractivity contribution >= 4 is 11.9 Å². The summed E-state index contributed by atoms with van der Waals surface area (Å²) in [5.74, 6) is -0.0545. The minimum absolute atomic E-state index is 0.0272. The fraction of sp³-hybridized carbons (Fsp3) is 0.625. The zero-order valence-electron chi connectivity index (χ0n) is 34.7. The smallest absolute Gasteiger partial charge is 0.361 e. The van der Waals surface area contributed by atoms with E-state index in [-0.39, 0.29) is 11.9 Å². The van der Waals surface area contributed by atoms with E-state index in [1.807, 2.05) is 0 Å². The van der Waals surface area contributed by atoms with Crippen molar-refractivity contribution in [2.45, 2.75) is 130 Å². The zero-order chi connectivity index (χ0) is 38.5. The Balaban J connectivity index is 1.26. The van der Waals surface area contributed by atoms with Gasteiger partial charge in [0, 0.05) is 0 Å². The first kappa shape index (κ1) is 43.5. The third kappa shape index (κ3) is 15.5. The van der Waals surface area contributed by atoms with Gasteiger partial charge in [-0.1, -0.05) is 112 Å². The first-order valence-corrected chi connectivity index (χ1v) is 21.7. The Morgan fingerprint density at radius 3 is 1.26 bits per heavy atom. The normalized spacial score (nSPS) is 17.3. The summed E-state index contributed by atoms with van der Waals surface area (Å²) < 4.78 is 13.0. The van der Waals surface area contributed by atoms with Crippen LogP contribution in [0.4, 0.5) is 0 Å². The number of ether oxygens (including phenoxy) is 2. The van der Waals surface area contributed by atoms with Crippen LogP contribution in [0.3, 0.4) is 0 Å². The molecular formula is C48H74N2O4+2. The molecular weight excluding hydrogens is 669 g/mol. The van der Waals surface area contributed by atoms with E-state index in [1.54, 1.807) is 0 Å². The van der Waals surface area contributed by atoms with Gasteiger partial charge in [-0.25, -0.2) is 9.59 Å². The van der Waals surface area contributed by atoms with Crippen molar-refractivity contribution < 1.29 is 28.0 Å². The molecule has 2 aliphatic rings. The highest BCUT2D eigenvalue weighted by Crippen LogP contribution is 2.25. The number of nitrogens with zero attached hydrogens (tertiary/aromatic N) is 2. The molecule has 2 aromatic rings. The summed E-state index contributed by atoms with van der Waals surface area (Å²) in [5.41, 5.74) is 7.82. The highest BCUT2D eigenvalue weighted by Gasteiger charge is 2.33. The first-order valence-electron chi connectivity index (χ1n) is 21.7. The number of unbranched alkanes of at least 4 members (excludes halogenated alkanes) is 6. The van der Waals surface area contributed by atoms with E-state index in [0.717, 1.165) is 86.8 Å². The quantitative estimate of drug-likeness (QED) is 0.0492. The van der Waals surface area contributed by atoms with Crippen molar-refractivity contribution in [3.63, 3.8) is 0 Å². The number of quaternary nitrogens is 2. The van der Waals surface area contributed by atoms with Crippen LogP contribution in [-0.4, -0.2) is 86.5 Å². The molecule has 0 saturated carbocycles. The number of carbonyl (C=O) groups is 2. The van der Waals surface area contributed by atoms with Gasteiger partial charge < -0.3 is 18.4 Å². The molecule has 298 valence electrons. The maximum Gasteiger partial charge on any atom is 0.361 e. The third-order valence-corrected chi connectivity index (χ3v) is 11.8. The molecule has 0 amide bonds. The van der Waals surface area contributed by atoms with Gasteiger partial charge in [0.1, 0.15) is 0 Å². The first-order chi connectivity index (χ1) is 26.2. The van der Waals surface area contributed by atoms with Crippen LogP contribution < -0.4 is 0 Å². The summed E-state index contributed by atoms with van der Waals surface area (Å²) in [6.45, 7) is 17.1. The van der Waals surface area contributed by atoms with Gasteiger partial charge in [-0.2, -0.15) is 0 Å². The SMILES string of the molecule is CCCCCCOC(=O)C[N+]1(C/C=C(\C)Cc2ccc(-c3ccc(C/C(C)=C/C[N+]4(CC(=O)OCCCCCC)CCCCC4)cc3)cc2)CCCCC1. The van der Waals surface area contributed by atoms with Gasteiger partial charge >= 0.3 is 11.9 Å². The van der Waals surface area contributed by atoms with Gasteiger partial charge in [0.15, 0.2) is 13.1 Å². The molecule has 2 heterocycles. The Hall–Kier alpha value is -3.22. The van der Waals surface area contributed by atoms with Gasteiger partial charge in [-0.15, -0.1) is 0 Å². The van der Waals surface area contributed by atoms with E-state index in [0.29, 0.717) is 26.3 Å². The van der Waals surface area contributed by atoms with E-state index in [2.05, 4.69) is 88.4 Å². The standard InChI is InChI=1S/C48H74N2O4/c1-5-7-9-17-35-53-47(51)39-49(29-13-11-14-30-49)33-27-41(3)37-43-19-23-45(24-20-43)46-25-21-44(22-26-46)38-42(4)28-34-50(31-15-12-16-32-50)40-48(52)54-36-18-10-8-6-2/h19-28H,5-18,29-40H2,1-4H3/q+2/b41-27+,42-28+. The number of hydrogen-bond donors (Lipinski definition) is 0. The highest BCUT2D eigenvalue weighted by molar-refractivity contribution is 5.71.